The minimum absolute atomic E-state index is 0. The fraction of sp³-hybridized carbons (Fsp3) is 1.00. The molecule has 82 valence electrons. The Morgan fingerprint density at radius 2 is 1.92 bits per heavy atom. The molecular weight excluding hydrogens is 221 g/mol. The van der Waals surface area contributed by atoms with Gasteiger partial charge < -0.3 is 11.1 Å². The number of nitrogens with two attached hydrogens (primary N) is 1. The summed E-state index contributed by atoms with van der Waals surface area (Å²) in [5.41, 5.74) is 4.95. The zero-order chi connectivity index (χ0) is 8.32. The summed E-state index contributed by atoms with van der Waals surface area (Å²) >= 11 is 0. The van der Waals surface area contributed by atoms with E-state index in [1.54, 1.807) is 0 Å². The molecule has 0 aromatic heterocycles. The summed E-state index contributed by atoms with van der Waals surface area (Å²) < 4.78 is 25.7. The van der Waals surface area contributed by atoms with Crippen LogP contribution in [0.1, 0.15) is 19.3 Å². The van der Waals surface area contributed by atoms with Crippen LogP contribution < -0.4 is 11.1 Å². The second kappa shape index (κ2) is 6.76. The normalized spacial score (nSPS) is 22.8. The van der Waals surface area contributed by atoms with Gasteiger partial charge in [0.05, 0.1) is 12.6 Å². The van der Waals surface area contributed by atoms with Gasteiger partial charge in [0.1, 0.15) is 0 Å². The van der Waals surface area contributed by atoms with E-state index in [9.17, 15) is 8.78 Å². The molecular formula is C7H16Cl2F2N2. The van der Waals surface area contributed by atoms with Gasteiger partial charge in [-0.25, -0.2) is 8.78 Å². The highest BCUT2D eigenvalue weighted by molar-refractivity contribution is 5.85. The fourth-order valence-corrected chi connectivity index (χ4v) is 1.35. The first-order valence-corrected chi connectivity index (χ1v) is 3.98. The molecule has 0 aliphatic carbocycles. The maximum Gasteiger partial charge on any atom is 0.275 e. The van der Waals surface area contributed by atoms with Crippen molar-refractivity contribution in [2.45, 2.75) is 31.2 Å². The van der Waals surface area contributed by atoms with E-state index in [1.807, 2.05) is 0 Å². The fourth-order valence-electron chi connectivity index (χ4n) is 1.35. The SMILES string of the molecule is Cl.Cl.NCC(F)(F)C1CCCCN1. The van der Waals surface area contributed by atoms with E-state index in [0.29, 0.717) is 13.0 Å². The van der Waals surface area contributed by atoms with Gasteiger partial charge in [-0.15, -0.1) is 24.8 Å². The number of nitrogens with one attached hydrogen (secondary N) is 1. The third-order valence-corrected chi connectivity index (χ3v) is 2.09. The predicted molar refractivity (Wildman–Crippen MR) is 54.1 cm³/mol. The third kappa shape index (κ3) is 4.40. The third-order valence-electron chi connectivity index (χ3n) is 2.09. The van der Waals surface area contributed by atoms with Crippen molar-refractivity contribution < 1.29 is 8.78 Å². The molecule has 1 atom stereocenters. The highest BCUT2D eigenvalue weighted by atomic mass is 35.5. The van der Waals surface area contributed by atoms with Gasteiger partial charge in [0.25, 0.3) is 5.92 Å². The summed E-state index contributed by atoms with van der Waals surface area (Å²) in [6, 6.07) is -0.693. The lowest BCUT2D eigenvalue weighted by Gasteiger charge is -2.29. The Bertz CT molecular complexity index is 130. The zero-order valence-corrected chi connectivity index (χ0v) is 8.90. The smallest absolute Gasteiger partial charge is 0.275 e. The van der Waals surface area contributed by atoms with Crippen LogP contribution in [0.4, 0.5) is 8.78 Å². The molecule has 1 aliphatic rings. The molecule has 0 aromatic rings. The van der Waals surface area contributed by atoms with E-state index >= 15 is 0 Å². The van der Waals surface area contributed by atoms with Crippen molar-refractivity contribution in [2.24, 2.45) is 5.73 Å². The predicted octanol–water partition coefficient (Wildman–Crippen LogP) is 1.57. The van der Waals surface area contributed by atoms with Crippen LogP contribution in [0.3, 0.4) is 0 Å². The lowest BCUT2D eigenvalue weighted by Crippen LogP contribution is -2.51. The molecule has 0 spiro atoms. The largest absolute Gasteiger partial charge is 0.325 e. The van der Waals surface area contributed by atoms with Gasteiger partial charge in [0.15, 0.2) is 0 Å². The first-order valence-electron chi connectivity index (χ1n) is 3.98. The second-order valence-electron chi connectivity index (χ2n) is 2.97. The average Bonchev–Trinajstić information content (AvgIpc) is 2.06. The molecule has 1 saturated heterocycles. The van der Waals surface area contributed by atoms with Crippen LogP contribution in [0.5, 0.6) is 0 Å². The van der Waals surface area contributed by atoms with Crippen LogP contribution >= 0.6 is 24.8 Å². The maximum absolute atomic E-state index is 12.9. The van der Waals surface area contributed by atoms with E-state index < -0.39 is 18.5 Å². The number of hydrogen-bond acceptors (Lipinski definition) is 2. The van der Waals surface area contributed by atoms with Crippen molar-refractivity contribution in [3.05, 3.63) is 0 Å². The van der Waals surface area contributed by atoms with E-state index in [1.165, 1.54) is 0 Å². The number of piperidine rings is 1. The van der Waals surface area contributed by atoms with E-state index in [4.69, 9.17) is 5.73 Å². The van der Waals surface area contributed by atoms with Crippen molar-refractivity contribution >= 4 is 24.8 Å². The maximum atomic E-state index is 12.9. The highest BCUT2D eigenvalue weighted by Crippen LogP contribution is 2.23. The number of alkyl halides is 2. The molecule has 0 bridgehead atoms. The molecule has 6 heteroatoms. The van der Waals surface area contributed by atoms with Crippen LogP contribution in [0.25, 0.3) is 0 Å². The average molecular weight is 237 g/mol. The lowest BCUT2D eigenvalue weighted by molar-refractivity contribution is -0.0356. The van der Waals surface area contributed by atoms with Gasteiger partial charge in [0.2, 0.25) is 0 Å². The molecule has 0 amide bonds. The van der Waals surface area contributed by atoms with Gasteiger partial charge in [-0.3, -0.25) is 0 Å². The summed E-state index contributed by atoms with van der Waals surface area (Å²) in [5, 5.41) is 2.78. The van der Waals surface area contributed by atoms with Crippen molar-refractivity contribution in [1.82, 2.24) is 5.32 Å². The van der Waals surface area contributed by atoms with Crippen molar-refractivity contribution in [3.63, 3.8) is 0 Å². The van der Waals surface area contributed by atoms with Crippen molar-refractivity contribution in [1.29, 1.82) is 0 Å². The number of hydrogen-bond donors (Lipinski definition) is 2. The van der Waals surface area contributed by atoms with Crippen molar-refractivity contribution in [2.75, 3.05) is 13.1 Å². The first-order chi connectivity index (χ1) is 5.17. The molecule has 2 nitrogen and oxygen atoms in total. The number of halogens is 4. The molecule has 1 rings (SSSR count). The minimum atomic E-state index is -2.72. The van der Waals surface area contributed by atoms with Gasteiger partial charge in [0, 0.05) is 0 Å². The summed E-state index contributed by atoms with van der Waals surface area (Å²) in [6.45, 7) is 0.144. The molecule has 1 heterocycles. The molecule has 1 unspecified atom stereocenters. The van der Waals surface area contributed by atoms with E-state index in [0.717, 1.165) is 12.8 Å². The molecule has 1 fully saturated rings. The molecule has 13 heavy (non-hydrogen) atoms. The Kier molecular flexibility index (Phi) is 8.23. The zero-order valence-electron chi connectivity index (χ0n) is 7.26. The second-order valence-corrected chi connectivity index (χ2v) is 2.97. The number of rotatable bonds is 2. The van der Waals surface area contributed by atoms with Crippen LogP contribution in [-0.4, -0.2) is 25.1 Å². The Hall–Kier alpha value is 0.360. The van der Waals surface area contributed by atoms with Crippen LogP contribution in [0, 0.1) is 0 Å². The Balaban J connectivity index is 0. The monoisotopic (exact) mass is 236 g/mol. The molecule has 0 saturated carbocycles. The quantitative estimate of drug-likeness (QED) is 0.764. The Morgan fingerprint density at radius 1 is 1.31 bits per heavy atom. The van der Waals surface area contributed by atoms with E-state index in [-0.39, 0.29) is 24.8 Å². The Labute approximate surface area is 89.5 Å². The van der Waals surface area contributed by atoms with Crippen molar-refractivity contribution in [3.8, 4) is 0 Å². The molecule has 0 radical (unpaired) electrons. The molecule has 0 aromatic carbocycles. The van der Waals surface area contributed by atoms with Crippen LogP contribution in [0.15, 0.2) is 0 Å². The topological polar surface area (TPSA) is 38.0 Å². The van der Waals surface area contributed by atoms with E-state index in [2.05, 4.69) is 5.32 Å². The van der Waals surface area contributed by atoms with Gasteiger partial charge in [-0.1, -0.05) is 6.42 Å². The standard InChI is InChI=1S/C7H14F2N2.2ClH/c8-7(9,5-10)6-3-1-2-4-11-6;;/h6,11H,1-5,10H2;2*1H. The minimum Gasteiger partial charge on any atom is -0.325 e. The van der Waals surface area contributed by atoms with Crippen LogP contribution in [-0.2, 0) is 0 Å². The van der Waals surface area contributed by atoms with Gasteiger partial charge >= 0.3 is 0 Å². The summed E-state index contributed by atoms with van der Waals surface area (Å²) in [6.07, 6.45) is 2.43. The summed E-state index contributed by atoms with van der Waals surface area (Å²) in [5.74, 6) is -2.72. The first kappa shape index (κ1) is 15.8. The van der Waals surface area contributed by atoms with Crippen LogP contribution in [0.2, 0.25) is 0 Å². The summed E-state index contributed by atoms with van der Waals surface area (Å²) in [4.78, 5) is 0. The van der Waals surface area contributed by atoms with Gasteiger partial charge in [-0.2, -0.15) is 0 Å². The molecule has 1 aliphatic heterocycles. The lowest BCUT2D eigenvalue weighted by atomic mass is 9.99. The molecule has 3 N–H and O–H groups in total. The van der Waals surface area contributed by atoms with Gasteiger partial charge in [-0.05, 0) is 19.4 Å². The summed E-state index contributed by atoms with van der Waals surface area (Å²) in [7, 11) is 0. The Morgan fingerprint density at radius 3 is 2.31 bits per heavy atom. The highest BCUT2D eigenvalue weighted by Gasteiger charge is 2.38.